The molecule has 32 heavy (non-hydrogen) atoms. The summed E-state index contributed by atoms with van der Waals surface area (Å²) in [6.45, 7) is 2.02. The predicted molar refractivity (Wildman–Crippen MR) is 114 cm³/mol. The summed E-state index contributed by atoms with van der Waals surface area (Å²) in [5.41, 5.74) is -3.10. The number of benzene rings is 1. The zero-order valence-corrected chi connectivity index (χ0v) is 18.7. The molecule has 1 aliphatic rings. The summed E-state index contributed by atoms with van der Waals surface area (Å²) in [5, 5.41) is 13.5. The zero-order chi connectivity index (χ0) is 23.7. The number of anilines is 1. The van der Waals surface area contributed by atoms with Crippen LogP contribution in [-0.2, 0) is 22.4 Å². The largest absolute Gasteiger partial charge is 0.466 e. The first-order valence-corrected chi connectivity index (χ1v) is 10.8. The van der Waals surface area contributed by atoms with E-state index in [9.17, 15) is 28.0 Å². The van der Waals surface area contributed by atoms with Crippen molar-refractivity contribution in [2.24, 2.45) is 5.92 Å². The molecule has 0 aliphatic heterocycles. The number of nitrogens with one attached hydrogen (secondary N) is 2. The molecule has 2 unspecified atom stereocenters. The average Bonchev–Trinajstić information content (AvgIpc) is 3.07. The third-order valence-corrected chi connectivity index (χ3v) is 6.63. The lowest BCUT2D eigenvalue weighted by Gasteiger charge is -2.34. The van der Waals surface area contributed by atoms with Crippen molar-refractivity contribution in [3.05, 3.63) is 50.9 Å². The van der Waals surface area contributed by atoms with Crippen LogP contribution in [0.15, 0.2) is 24.3 Å². The summed E-state index contributed by atoms with van der Waals surface area (Å²) in [4.78, 5) is 26.0. The van der Waals surface area contributed by atoms with Gasteiger partial charge in [-0.3, -0.25) is 4.79 Å². The first kappa shape index (κ1) is 23.9. The number of nitrogens with zero attached hydrogens (tertiary/aromatic N) is 1. The molecule has 1 heterocycles. The predicted octanol–water partition coefficient (Wildman–Crippen LogP) is 4.67. The van der Waals surface area contributed by atoms with E-state index in [2.05, 4.69) is 10.1 Å². The van der Waals surface area contributed by atoms with Crippen LogP contribution in [-0.4, -0.2) is 30.8 Å². The summed E-state index contributed by atoms with van der Waals surface area (Å²) in [7, 11) is 0.780. The summed E-state index contributed by atoms with van der Waals surface area (Å²) in [6, 6.07) is 7.20. The molecule has 2 N–H and O–H groups in total. The van der Waals surface area contributed by atoms with E-state index in [0.29, 0.717) is 24.3 Å². The second-order valence-corrected chi connectivity index (χ2v) is 9.04. The maximum atomic E-state index is 14.4. The van der Waals surface area contributed by atoms with Gasteiger partial charge in [0.2, 0.25) is 0 Å². The quantitative estimate of drug-likeness (QED) is 0.474. The van der Waals surface area contributed by atoms with Gasteiger partial charge in [0.1, 0.15) is 11.1 Å². The normalized spacial score (nSPS) is 17.5. The number of ether oxygens (including phenoxy) is 1. The second kappa shape index (κ2) is 9.00. The van der Waals surface area contributed by atoms with Gasteiger partial charge in [-0.2, -0.15) is 18.4 Å². The molecule has 0 saturated carbocycles. The first-order valence-electron chi connectivity index (χ1n) is 9.58. The Kier molecular flexibility index (Phi) is 6.72. The van der Waals surface area contributed by atoms with Gasteiger partial charge in [0, 0.05) is 15.5 Å². The Morgan fingerprint density at radius 1 is 1.34 bits per heavy atom. The van der Waals surface area contributed by atoms with Crippen molar-refractivity contribution in [1.82, 2.24) is 5.32 Å². The van der Waals surface area contributed by atoms with Crippen LogP contribution in [0.3, 0.4) is 0 Å². The molecular weight excluding hydrogens is 467 g/mol. The monoisotopic (exact) mass is 485 g/mol. The number of halogens is 4. The third kappa shape index (κ3) is 4.40. The molecule has 0 bridgehead atoms. The fraction of sp³-hybridized carbons (Fsp3) is 0.381. The number of esters is 1. The molecule has 170 valence electrons. The van der Waals surface area contributed by atoms with Crippen molar-refractivity contribution < 1.29 is 27.5 Å². The minimum Gasteiger partial charge on any atom is -0.466 e. The van der Waals surface area contributed by atoms with E-state index in [1.807, 2.05) is 13.0 Å². The van der Waals surface area contributed by atoms with Gasteiger partial charge in [-0.05, 0) is 48.9 Å². The summed E-state index contributed by atoms with van der Waals surface area (Å²) in [5.74, 6) is -2.66. The minimum atomic E-state index is -5.31. The molecule has 0 fully saturated rings. The fourth-order valence-corrected chi connectivity index (χ4v) is 5.15. The molecule has 1 amide bonds. The number of carbonyl (C=O) groups excluding carboxylic acids is 2. The van der Waals surface area contributed by atoms with Gasteiger partial charge in [-0.1, -0.05) is 24.6 Å². The fourth-order valence-electron chi connectivity index (χ4n) is 3.54. The molecule has 2 aromatic rings. The van der Waals surface area contributed by atoms with Gasteiger partial charge in [-0.25, -0.2) is 4.79 Å². The standard InChI is InChI=1S/C21H19ClF3N3O3S/c1-11-6-7-14-15(10-26)18(32-16(14)8-11)28-20(19(30)31-2,21(23,24)25)27-17(29)12-4-3-5-13(22)9-12/h3-5,9,11,28H,6-8H2,1-2H3,(H,27,29). The van der Waals surface area contributed by atoms with Crippen molar-refractivity contribution in [3.8, 4) is 6.07 Å². The van der Waals surface area contributed by atoms with Crippen LogP contribution < -0.4 is 10.6 Å². The Labute approximate surface area is 191 Å². The van der Waals surface area contributed by atoms with Crippen LogP contribution in [0.4, 0.5) is 18.2 Å². The van der Waals surface area contributed by atoms with Gasteiger partial charge >= 0.3 is 17.8 Å². The van der Waals surface area contributed by atoms with Crippen LogP contribution in [0.25, 0.3) is 0 Å². The molecule has 0 spiro atoms. The van der Waals surface area contributed by atoms with Gasteiger partial charge in [0.05, 0.1) is 12.7 Å². The summed E-state index contributed by atoms with van der Waals surface area (Å²) < 4.78 is 47.5. The smallest absolute Gasteiger partial charge is 0.441 e. The molecule has 3 rings (SSSR count). The molecule has 6 nitrogen and oxygen atoms in total. The summed E-state index contributed by atoms with van der Waals surface area (Å²) >= 11 is 6.81. The number of thiophene rings is 1. The Morgan fingerprint density at radius 3 is 2.66 bits per heavy atom. The lowest BCUT2D eigenvalue weighted by atomic mass is 9.88. The molecule has 2 atom stereocenters. The second-order valence-electron chi connectivity index (χ2n) is 7.50. The van der Waals surface area contributed by atoms with Crippen LogP contribution in [0.5, 0.6) is 0 Å². The number of amides is 1. The minimum absolute atomic E-state index is 0.0337. The SMILES string of the molecule is COC(=O)C(NC(=O)c1cccc(Cl)c1)(Nc1sc2c(c1C#N)CCC(C)C2)C(F)(F)F. The van der Waals surface area contributed by atoms with Crippen molar-refractivity contribution in [1.29, 1.82) is 5.26 Å². The number of nitriles is 1. The Hall–Kier alpha value is -2.77. The summed E-state index contributed by atoms with van der Waals surface area (Å²) in [6.07, 6.45) is -3.35. The highest BCUT2D eigenvalue weighted by atomic mass is 35.5. The molecule has 1 aromatic heterocycles. The van der Waals surface area contributed by atoms with Crippen LogP contribution in [0, 0.1) is 17.2 Å². The molecule has 0 radical (unpaired) electrons. The van der Waals surface area contributed by atoms with Crippen LogP contribution in [0.2, 0.25) is 5.02 Å². The topological polar surface area (TPSA) is 91.2 Å². The highest BCUT2D eigenvalue weighted by Gasteiger charge is 2.64. The average molecular weight is 486 g/mol. The molecule has 11 heteroatoms. The van der Waals surface area contributed by atoms with Crippen LogP contribution >= 0.6 is 22.9 Å². The number of hydrogen-bond donors (Lipinski definition) is 2. The van der Waals surface area contributed by atoms with Gasteiger partial charge in [0.15, 0.2) is 0 Å². The van der Waals surface area contributed by atoms with E-state index in [-0.39, 0.29) is 21.2 Å². The van der Waals surface area contributed by atoms with E-state index >= 15 is 0 Å². The van der Waals surface area contributed by atoms with E-state index in [0.717, 1.165) is 29.7 Å². The van der Waals surface area contributed by atoms with Crippen molar-refractivity contribution in [2.45, 2.75) is 38.0 Å². The Bertz CT molecular complexity index is 1100. The maximum absolute atomic E-state index is 14.4. The highest BCUT2D eigenvalue weighted by molar-refractivity contribution is 7.16. The Balaban J connectivity index is 2.09. The number of hydrogen-bond acceptors (Lipinski definition) is 6. The highest BCUT2D eigenvalue weighted by Crippen LogP contribution is 2.42. The number of carbonyl (C=O) groups is 2. The number of rotatable bonds is 5. The van der Waals surface area contributed by atoms with Crippen LogP contribution in [0.1, 0.15) is 39.7 Å². The lowest BCUT2D eigenvalue weighted by molar-refractivity contribution is -0.203. The Morgan fingerprint density at radius 2 is 2.06 bits per heavy atom. The van der Waals surface area contributed by atoms with Crippen molar-refractivity contribution in [3.63, 3.8) is 0 Å². The van der Waals surface area contributed by atoms with E-state index in [1.54, 1.807) is 5.32 Å². The van der Waals surface area contributed by atoms with Gasteiger partial charge in [0.25, 0.3) is 5.91 Å². The first-order chi connectivity index (χ1) is 15.0. The number of methoxy groups -OCH3 is 1. The van der Waals surface area contributed by atoms with E-state index < -0.39 is 23.7 Å². The van der Waals surface area contributed by atoms with E-state index in [4.69, 9.17) is 11.6 Å². The molecule has 1 aliphatic carbocycles. The van der Waals surface area contributed by atoms with E-state index in [1.165, 1.54) is 24.3 Å². The zero-order valence-electron chi connectivity index (χ0n) is 17.1. The number of alkyl halides is 3. The molecular formula is C21H19ClF3N3O3S. The van der Waals surface area contributed by atoms with Crippen molar-refractivity contribution in [2.75, 3.05) is 12.4 Å². The molecule has 0 saturated heterocycles. The number of fused-ring (bicyclic) bond motifs is 1. The van der Waals surface area contributed by atoms with Crippen molar-refractivity contribution >= 4 is 39.8 Å². The third-order valence-electron chi connectivity index (χ3n) is 5.23. The molecule has 1 aromatic carbocycles. The lowest BCUT2D eigenvalue weighted by Crippen LogP contribution is -2.69. The van der Waals surface area contributed by atoms with Gasteiger partial charge in [-0.15, -0.1) is 11.3 Å². The maximum Gasteiger partial charge on any atom is 0.441 e. The van der Waals surface area contributed by atoms with Gasteiger partial charge < -0.3 is 15.4 Å².